The molecular formula is C15H19N3O2. The van der Waals surface area contributed by atoms with E-state index in [1.807, 2.05) is 41.9 Å². The number of rotatable bonds is 6. The molecule has 1 unspecified atom stereocenters. The molecule has 0 aliphatic heterocycles. The summed E-state index contributed by atoms with van der Waals surface area (Å²) in [6.07, 6.45) is 3.73. The minimum absolute atomic E-state index is 0.124. The zero-order chi connectivity index (χ0) is 14.4. The first kappa shape index (κ1) is 14.3. The fourth-order valence-corrected chi connectivity index (χ4v) is 2.05. The third kappa shape index (κ3) is 3.45. The maximum atomic E-state index is 12.1. The highest BCUT2D eigenvalue weighted by atomic mass is 16.5. The lowest BCUT2D eigenvalue weighted by atomic mass is 10.1. The number of hydrogen-bond acceptors (Lipinski definition) is 3. The van der Waals surface area contributed by atoms with Crippen LogP contribution in [-0.4, -0.2) is 29.1 Å². The van der Waals surface area contributed by atoms with Crippen LogP contribution in [0.1, 0.15) is 17.4 Å². The molecule has 1 amide bonds. The molecule has 106 valence electrons. The van der Waals surface area contributed by atoms with Crippen molar-refractivity contribution in [3.05, 3.63) is 54.1 Å². The van der Waals surface area contributed by atoms with Gasteiger partial charge in [0.05, 0.1) is 6.33 Å². The van der Waals surface area contributed by atoms with Crippen molar-refractivity contribution >= 4 is 5.91 Å². The molecule has 5 nitrogen and oxygen atoms in total. The molecule has 2 aromatic rings. The summed E-state index contributed by atoms with van der Waals surface area (Å²) in [5.41, 5.74) is 1.94. The highest BCUT2D eigenvalue weighted by molar-refractivity contribution is 5.82. The number of benzene rings is 1. The number of amides is 1. The normalized spacial score (nSPS) is 12.1. The number of nitrogens with one attached hydrogen (secondary N) is 1. The van der Waals surface area contributed by atoms with Crippen molar-refractivity contribution in [2.75, 3.05) is 13.7 Å². The van der Waals surface area contributed by atoms with Crippen molar-refractivity contribution in [1.82, 2.24) is 14.9 Å². The highest BCUT2D eigenvalue weighted by Crippen LogP contribution is 2.15. The third-order valence-corrected chi connectivity index (χ3v) is 3.17. The van der Waals surface area contributed by atoms with E-state index >= 15 is 0 Å². The van der Waals surface area contributed by atoms with E-state index in [0.717, 1.165) is 17.7 Å². The van der Waals surface area contributed by atoms with E-state index in [2.05, 4.69) is 10.3 Å². The van der Waals surface area contributed by atoms with Crippen molar-refractivity contribution in [2.45, 2.75) is 12.5 Å². The third-order valence-electron chi connectivity index (χ3n) is 3.17. The van der Waals surface area contributed by atoms with Gasteiger partial charge in [-0.05, 0) is 5.56 Å². The Morgan fingerprint density at radius 3 is 2.75 bits per heavy atom. The number of methoxy groups -OCH3 is 1. The monoisotopic (exact) mass is 273 g/mol. The molecule has 5 heteroatoms. The van der Waals surface area contributed by atoms with Crippen LogP contribution in [0.4, 0.5) is 0 Å². The Labute approximate surface area is 118 Å². The van der Waals surface area contributed by atoms with Crippen LogP contribution in [0.5, 0.6) is 0 Å². The molecule has 1 N–H and O–H groups in total. The number of ether oxygens (including phenoxy) is 1. The van der Waals surface area contributed by atoms with E-state index in [1.165, 1.54) is 0 Å². The molecule has 0 saturated carbocycles. The molecule has 0 radical (unpaired) electrons. The minimum Gasteiger partial charge on any atom is -0.367 e. The molecule has 0 bridgehead atoms. The zero-order valence-corrected chi connectivity index (χ0v) is 11.7. The first-order chi connectivity index (χ1) is 9.72. The Hall–Kier alpha value is -2.14. The summed E-state index contributed by atoms with van der Waals surface area (Å²) in [6, 6.07) is 9.47. The fraction of sp³-hybridized carbons (Fsp3) is 0.333. The topological polar surface area (TPSA) is 56.1 Å². The minimum atomic E-state index is -0.567. The first-order valence-electron chi connectivity index (χ1n) is 6.53. The van der Waals surface area contributed by atoms with Crippen LogP contribution in [0.3, 0.4) is 0 Å². The summed E-state index contributed by atoms with van der Waals surface area (Å²) in [4.78, 5) is 16.2. The summed E-state index contributed by atoms with van der Waals surface area (Å²) >= 11 is 0. The zero-order valence-electron chi connectivity index (χ0n) is 11.7. The molecule has 1 aromatic heterocycles. The van der Waals surface area contributed by atoms with Crippen LogP contribution in [0.2, 0.25) is 0 Å². The van der Waals surface area contributed by atoms with Gasteiger partial charge in [-0.25, -0.2) is 4.98 Å². The van der Waals surface area contributed by atoms with Gasteiger partial charge in [-0.3, -0.25) is 4.79 Å². The quantitative estimate of drug-likeness (QED) is 0.867. The fourth-order valence-electron chi connectivity index (χ4n) is 2.05. The van der Waals surface area contributed by atoms with Gasteiger partial charge in [0, 0.05) is 39.0 Å². The lowest BCUT2D eigenvalue weighted by Crippen LogP contribution is -2.32. The second-order valence-corrected chi connectivity index (χ2v) is 4.56. The van der Waals surface area contributed by atoms with Crippen LogP contribution in [-0.2, 0) is 23.0 Å². The van der Waals surface area contributed by atoms with E-state index in [4.69, 9.17) is 4.74 Å². The van der Waals surface area contributed by atoms with Gasteiger partial charge in [-0.2, -0.15) is 0 Å². The Kier molecular flexibility index (Phi) is 4.90. The molecule has 1 aromatic carbocycles. The smallest absolute Gasteiger partial charge is 0.253 e. The van der Waals surface area contributed by atoms with Crippen LogP contribution in [0, 0.1) is 0 Å². The van der Waals surface area contributed by atoms with Crippen LogP contribution >= 0.6 is 0 Å². The number of aromatic nitrogens is 2. The summed E-state index contributed by atoms with van der Waals surface area (Å²) in [7, 11) is 3.48. The van der Waals surface area contributed by atoms with E-state index in [1.54, 1.807) is 19.6 Å². The lowest BCUT2D eigenvalue weighted by molar-refractivity contribution is -0.131. The van der Waals surface area contributed by atoms with E-state index in [9.17, 15) is 4.79 Å². The molecule has 2 rings (SSSR count). The Bertz CT molecular complexity index is 551. The maximum absolute atomic E-state index is 12.1. The number of carbonyl (C=O) groups excluding carboxylic acids is 1. The number of nitrogens with zero attached hydrogens (tertiary/aromatic N) is 2. The van der Waals surface area contributed by atoms with Gasteiger partial charge >= 0.3 is 0 Å². The number of hydrogen-bond donors (Lipinski definition) is 1. The van der Waals surface area contributed by atoms with Gasteiger partial charge in [0.15, 0.2) is 6.10 Å². The predicted octanol–water partition coefficient (Wildman–Crippen LogP) is 1.47. The number of imidazole rings is 1. The molecule has 20 heavy (non-hydrogen) atoms. The molecule has 0 spiro atoms. The average molecular weight is 273 g/mol. The standard InChI is InChI=1S/C15H19N3O2/c1-18-11-16-10-13(18)8-9-17-15(19)14(20-2)12-6-4-3-5-7-12/h3-7,10-11,14H,8-9H2,1-2H3,(H,17,19). The SMILES string of the molecule is COC(C(=O)NCCc1cncn1C)c1ccccc1. The Balaban J connectivity index is 1.89. The van der Waals surface area contributed by atoms with Gasteiger partial charge < -0.3 is 14.6 Å². The van der Waals surface area contributed by atoms with Gasteiger partial charge in [0.1, 0.15) is 0 Å². The number of aryl methyl sites for hydroxylation is 1. The van der Waals surface area contributed by atoms with Gasteiger partial charge in [-0.15, -0.1) is 0 Å². The van der Waals surface area contributed by atoms with Gasteiger partial charge in [0.2, 0.25) is 0 Å². The van der Waals surface area contributed by atoms with E-state index in [-0.39, 0.29) is 5.91 Å². The summed E-state index contributed by atoms with van der Waals surface area (Å²) in [6.45, 7) is 0.561. The van der Waals surface area contributed by atoms with Crippen molar-refractivity contribution < 1.29 is 9.53 Å². The highest BCUT2D eigenvalue weighted by Gasteiger charge is 2.19. The van der Waals surface area contributed by atoms with Crippen LogP contribution < -0.4 is 5.32 Å². The van der Waals surface area contributed by atoms with E-state index < -0.39 is 6.10 Å². The molecule has 0 fully saturated rings. The lowest BCUT2D eigenvalue weighted by Gasteiger charge is -2.15. The largest absolute Gasteiger partial charge is 0.367 e. The maximum Gasteiger partial charge on any atom is 0.253 e. The van der Waals surface area contributed by atoms with Crippen LogP contribution in [0.25, 0.3) is 0 Å². The van der Waals surface area contributed by atoms with Gasteiger partial charge in [0.25, 0.3) is 5.91 Å². The Morgan fingerprint density at radius 1 is 1.40 bits per heavy atom. The van der Waals surface area contributed by atoms with Crippen molar-refractivity contribution in [1.29, 1.82) is 0 Å². The van der Waals surface area contributed by atoms with Crippen molar-refractivity contribution in [3.8, 4) is 0 Å². The Morgan fingerprint density at radius 2 is 2.15 bits per heavy atom. The second kappa shape index (κ2) is 6.86. The first-order valence-corrected chi connectivity index (χ1v) is 6.53. The number of carbonyl (C=O) groups is 1. The van der Waals surface area contributed by atoms with Crippen LogP contribution in [0.15, 0.2) is 42.9 Å². The molecular weight excluding hydrogens is 254 g/mol. The average Bonchev–Trinajstić information content (AvgIpc) is 2.86. The summed E-state index contributed by atoms with van der Waals surface area (Å²) in [5.74, 6) is -0.124. The second-order valence-electron chi connectivity index (χ2n) is 4.56. The van der Waals surface area contributed by atoms with E-state index in [0.29, 0.717) is 6.54 Å². The molecule has 1 atom stereocenters. The molecule has 0 aliphatic rings. The molecule has 1 heterocycles. The summed E-state index contributed by atoms with van der Waals surface area (Å²) < 4.78 is 7.22. The predicted molar refractivity (Wildman–Crippen MR) is 76.1 cm³/mol. The van der Waals surface area contributed by atoms with Crippen molar-refractivity contribution in [3.63, 3.8) is 0 Å². The molecule has 0 saturated heterocycles. The van der Waals surface area contributed by atoms with Gasteiger partial charge in [-0.1, -0.05) is 30.3 Å². The molecule has 0 aliphatic carbocycles. The van der Waals surface area contributed by atoms with Crippen molar-refractivity contribution in [2.24, 2.45) is 7.05 Å². The summed E-state index contributed by atoms with van der Waals surface area (Å²) in [5, 5.41) is 2.89.